The molecular weight excluding hydrogens is 480 g/mol. The van der Waals surface area contributed by atoms with Crippen LogP contribution in [0.25, 0.3) is 33.5 Å². The number of benzene rings is 2. The molecule has 188 valence electrons. The summed E-state index contributed by atoms with van der Waals surface area (Å²) in [6.45, 7) is 3.20. The fraction of sp³-hybridized carbons (Fsp3) is 0.250. The van der Waals surface area contributed by atoms with Crippen molar-refractivity contribution in [3.63, 3.8) is 0 Å². The molecule has 1 N–H and O–H groups in total. The number of carbonyl (C=O) groups excluding carboxylic acids is 2. The van der Waals surface area contributed by atoms with Gasteiger partial charge < -0.3 is 10.2 Å². The number of aromatic nitrogens is 6. The van der Waals surface area contributed by atoms with Gasteiger partial charge in [0.15, 0.2) is 5.65 Å². The molecule has 38 heavy (non-hydrogen) atoms. The number of hydrogen-bond donors (Lipinski definition) is 1. The van der Waals surface area contributed by atoms with E-state index in [0.717, 1.165) is 33.3 Å². The zero-order chi connectivity index (χ0) is 25.9. The highest BCUT2D eigenvalue weighted by molar-refractivity contribution is 6.07. The number of piperidine rings is 1. The fourth-order valence-electron chi connectivity index (χ4n) is 5.67. The molecule has 0 saturated carbocycles. The molecule has 0 bridgehead atoms. The highest BCUT2D eigenvalue weighted by atomic mass is 16.2. The van der Waals surface area contributed by atoms with Crippen LogP contribution in [0.4, 0.5) is 5.69 Å². The van der Waals surface area contributed by atoms with Crippen molar-refractivity contribution in [3.05, 3.63) is 72.1 Å². The maximum atomic E-state index is 13.1. The van der Waals surface area contributed by atoms with E-state index in [1.54, 1.807) is 28.9 Å². The molecule has 5 aromatic rings. The van der Waals surface area contributed by atoms with Crippen LogP contribution in [0.15, 0.2) is 60.9 Å². The second kappa shape index (κ2) is 8.41. The highest BCUT2D eigenvalue weighted by Crippen LogP contribution is 2.46. The fourth-order valence-corrected chi connectivity index (χ4v) is 5.67. The van der Waals surface area contributed by atoms with Crippen LogP contribution in [-0.4, -0.2) is 59.7 Å². The summed E-state index contributed by atoms with van der Waals surface area (Å²) in [4.78, 5) is 40.5. The molecule has 0 atom stereocenters. The van der Waals surface area contributed by atoms with Crippen molar-refractivity contribution in [1.82, 2.24) is 34.8 Å². The molecule has 0 radical (unpaired) electrons. The lowest BCUT2D eigenvalue weighted by atomic mass is 9.73. The van der Waals surface area contributed by atoms with E-state index in [0.29, 0.717) is 49.5 Å². The smallest absolute Gasteiger partial charge is 0.235 e. The van der Waals surface area contributed by atoms with E-state index in [1.807, 2.05) is 42.5 Å². The van der Waals surface area contributed by atoms with Crippen LogP contribution in [0.2, 0.25) is 0 Å². The van der Waals surface area contributed by atoms with Gasteiger partial charge in [0, 0.05) is 42.8 Å². The van der Waals surface area contributed by atoms with E-state index in [9.17, 15) is 9.59 Å². The third-order valence-corrected chi connectivity index (χ3v) is 7.80. The van der Waals surface area contributed by atoms with Crippen LogP contribution in [0.1, 0.15) is 30.9 Å². The van der Waals surface area contributed by atoms with Crippen LogP contribution in [0.3, 0.4) is 0 Å². The number of anilines is 1. The van der Waals surface area contributed by atoms with Gasteiger partial charge in [0.05, 0.1) is 29.4 Å². The van der Waals surface area contributed by atoms with Gasteiger partial charge >= 0.3 is 0 Å². The zero-order valence-electron chi connectivity index (χ0n) is 20.8. The van der Waals surface area contributed by atoms with E-state index >= 15 is 0 Å². The second-order valence-electron chi connectivity index (χ2n) is 9.98. The molecule has 5 heterocycles. The lowest BCUT2D eigenvalue weighted by Gasteiger charge is -2.37. The van der Waals surface area contributed by atoms with E-state index in [1.165, 1.54) is 0 Å². The lowest BCUT2D eigenvalue weighted by Crippen LogP contribution is -2.47. The van der Waals surface area contributed by atoms with Crippen molar-refractivity contribution in [3.8, 4) is 11.3 Å². The molecule has 3 aromatic heterocycles. The summed E-state index contributed by atoms with van der Waals surface area (Å²) < 4.78 is 1.75. The maximum absolute atomic E-state index is 13.1. The summed E-state index contributed by atoms with van der Waals surface area (Å²) >= 11 is 0. The van der Waals surface area contributed by atoms with Gasteiger partial charge in [0.1, 0.15) is 0 Å². The minimum absolute atomic E-state index is 0.00208. The third-order valence-electron chi connectivity index (χ3n) is 7.80. The van der Waals surface area contributed by atoms with Crippen LogP contribution in [0, 0.1) is 0 Å². The van der Waals surface area contributed by atoms with Gasteiger partial charge in [-0.2, -0.15) is 0 Å². The number of nitrogens with one attached hydrogen (secondary N) is 1. The Bertz CT molecular complexity index is 1750. The quantitative estimate of drug-likeness (QED) is 0.400. The number of amides is 2. The molecule has 7 rings (SSSR count). The predicted molar refractivity (Wildman–Crippen MR) is 141 cm³/mol. The van der Waals surface area contributed by atoms with Crippen molar-refractivity contribution in [2.75, 3.05) is 18.4 Å². The first-order valence-electron chi connectivity index (χ1n) is 12.6. The SMILES string of the molecule is CC(=O)N1CCC2(CC1)C(=O)Nc1ccc(-c3cnc4nnn(Cc5ccc6ncccc6c5)c4n3)cc12. The molecule has 10 heteroatoms. The van der Waals surface area contributed by atoms with Crippen LogP contribution >= 0.6 is 0 Å². The summed E-state index contributed by atoms with van der Waals surface area (Å²) in [5.74, 6) is 0.0450. The first-order valence-corrected chi connectivity index (χ1v) is 12.6. The summed E-state index contributed by atoms with van der Waals surface area (Å²) in [6, 6.07) is 16.0. The molecule has 2 aliphatic rings. The van der Waals surface area contributed by atoms with Gasteiger partial charge in [-0.3, -0.25) is 14.6 Å². The molecular formula is C28H24N8O2. The molecule has 1 saturated heterocycles. The summed E-state index contributed by atoms with van der Waals surface area (Å²) in [5.41, 5.74) is 5.76. The van der Waals surface area contributed by atoms with Gasteiger partial charge in [0.25, 0.3) is 0 Å². The number of fused-ring (bicyclic) bond motifs is 4. The Morgan fingerprint density at radius 1 is 1.08 bits per heavy atom. The average Bonchev–Trinajstić information content (AvgIpc) is 3.46. The molecule has 10 nitrogen and oxygen atoms in total. The molecule has 2 amide bonds. The predicted octanol–water partition coefficient (Wildman–Crippen LogP) is 3.32. The number of nitrogens with zero attached hydrogens (tertiary/aromatic N) is 7. The van der Waals surface area contributed by atoms with Crippen molar-refractivity contribution in [2.45, 2.75) is 31.7 Å². The molecule has 0 unspecified atom stereocenters. The van der Waals surface area contributed by atoms with Crippen molar-refractivity contribution in [1.29, 1.82) is 0 Å². The second-order valence-corrected chi connectivity index (χ2v) is 9.98. The van der Waals surface area contributed by atoms with Gasteiger partial charge in [-0.1, -0.05) is 23.4 Å². The Morgan fingerprint density at radius 3 is 2.79 bits per heavy atom. The summed E-state index contributed by atoms with van der Waals surface area (Å²) in [5, 5.41) is 12.6. The maximum Gasteiger partial charge on any atom is 0.235 e. The van der Waals surface area contributed by atoms with Gasteiger partial charge in [-0.05, 0) is 54.3 Å². The summed E-state index contributed by atoms with van der Waals surface area (Å²) in [6.07, 6.45) is 4.67. The number of hydrogen-bond acceptors (Lipinski definition) is 7. The number of pyridine rings is 1. The van der Waals surface area contributed by atoms with E-state index in [4.69, 9.17) is 4.98 Å². The Morgan fingerprint density at radius 2 is 1.95 bits per heavy atom. The number of carbonyl (C=O) groups is 2. The van der Waals surface area contributed by atoms with Crippen molar-refractivity contribution >= 4 is 39.7 Å². The van der Waals surface area contributed by atoms with Crippen LogP contribution in [0.5, 0.6) is 0 Å². The lowest BCUT2D eigenvalue weighted by molar-refractivity contribution is -0.133. The Kier molecular flexibility index (Phi) is 4.97. The Labute approximate surface area is 217 Å². The minimum Gasteiger partial charge on any atom is -0.343 e. The van der Waals surface area contributed by atoms with Crippen molar-refractivity contribution < 1.29 is 9.59 Å². The summed E-state index contributed by atoms with van der Waals surface area (Å²) in [7, 11) is 0. The molecule has 1 spiro atoms. The zero-order valence-corrected chi connectivity index (χ0v) is 20.8. The first-order chi connectivity index (χ1) is 18.5. The monoisotopic (exact) mass is 504 g/mol. The van der Waals surface area contributed by atoms with Crippen LogP contribution < -0.4 is 5.32 Å². The Balaban J connectivity index is 1.23. The highest BCUT2D eigenvalue weighted by Gasteiger charge is 2.48. The average molecular weight is 505 g/mol. The van der Waals surface area contributed by atoms with Gasteiger partial charge in [-0.25, -0.2) is 14.6 Å². The van der Waals surface area contributed by atoms with E-state index in [-0.39, 0.29) is 11.8 Å². The standard InChI is InChI=1S/C28H24N8O2/c1-17(37)35-11-8-28(9-12-35)21-14-20(5-7-23(21)32-27(28)38)24-15-30-25-26(31-24)36(34-33-25)16-18-4-6-22-19(13-18)3-2-10-29-22/h2-7,10,13-15H,8-9,11-12,16H2,1H3,(H,32,38). The van der Waals surface area contributed by atoms with E-state index in [2.05, 4.69) is 31.7 Å². The molecule has 2 aliphatic heterocycles. The molecule has 1 fully saturated rings. The largest absolute Gasteiger partial charge is 0.343 e. The molecule has 2 aromatic carbocycles. The Hall–Kier alpha value is -4.73. The number of rotatable bonds is 3. The number of likely N-dealkylation sites (tertiary alicyclic amines) is 1. The van der Waals surface area contributed by atoms with Crippen molar-refractivity contribution in [2.24, 2.45) is 0 Å². The minimum atomic E-state index is -0.636. The topological polar surface area (TPSA) is 119 Å². The van der Waals surface area contributed by atoms with E-state index < -0.39 is 5.41 Å². The third kappa shape index (κ3) is 3.52. The van der Waals surface area contributed by atoms with Gasteiger partial charge in [-0.15, -0.1) is 5.10 Å². The molecule has 0 aliphatic carbocycles. The first kappa shape index (κ1) is 22.5. The van der Waals surface area contributed by atoms with Crippen LogP contribution in [-0.2, 0) is 21.5 Å². The van der Waals surface area contributed by atoms with Gasteiger partial charge in [0.2, 0.25) is 17.5 Å². The normalized spacial score (nSPS) is 16.2.